The molecule has 0 saturated heterocycles. The molecule has 1 fully saturated rings. The predicted molar refractivity (Wildman–Crippen MR) is 77.9 cm³/mol. The third kappa shape index (κ3) is 2.74. The molecule has 2 heterocycles. The van der Waals surface area contributed by atoms with Crippen molar-refractivity contribution in [2.75, 3.05) is 13.1 Å². The Morgan fingerprint density at radius 3 is 2.72 bits per heavy atom. The van der Waals surface area contributed by atoms with Crippen LogP contribution in [0.1, 0.15) is 33.6 Å². The third-order valence-electron chi connectivity index (χ3n) is 3.40. The molecule has 1 unspecified atom stereocenters. The van der Waals surface area contributed by atoms with Gasteiger partial charge in [0, 0.05) is 13.1 Å². The van der Waals surface area contributed by atoms with Gasteiger partial charge in [-0.05, 0) is 45.1 Å². The summed E-state index contributed by atoms with van der Waals surface area (Å²) in [5.74, 6) is 0.810. The van der Waals surface area contributed by atoms with Crippen LogP contribution in [0, 0.1) is 5.92 Å². The predicted octanol–water partition coefficient (Wildman–Crippen LogP) is 2.69. The Hall–Kier alpha value is -0.900. The van der Waals surface area contributed by atoms with Crippen LogP contribution < -0.4 is 0 Å². The van der Waals surface area contributed by atoms with Crippen molar-refractivity contribution in [2.24, 2.45) is 10.3 Å². The van der Waals surface area contributed by atoms with E-state index in [9.17, 15) is 4.21 Å². The van der Waals surface area contributed by atoms with Gasteiger partial charge in [0.1, 0.15) is 11.0 Å². The lowest BCUT2D eigenvalue weighted by molar-refractivity contribution is 0.231. The van der Waals surface area contributed by atoms with E-state index in [1.165, 1.54) is 24.1 Å². The standard InChI is InChI=1S/C14H22N2OS/c1-5-6-16-10-11-7-12(8-11)13(16)9-15-18(17)14(2,3)4/h5,9,11H,1,6-8,10H2,2-4H3. The van der Waals surface area contributed by atoms with Crippen LogP contribution >= 0.6 is 0 Å². The summed E-state index contributed by atoms with van der Waals surface area (Å²) in [7, 11) is -1.17. The van der Waals surface area contributed by atoms with Crippen molar-refractivity contribution in [3.63, 3.8) is 0 Å². The van der Waals surface area contributed by atoms with E-state index < -0.39 is 11.0 Å². The molecule has 2 bridgehead atoms. The minimum absolute atomic E-state index is 0.290. The first kappa shape index (κ1) is 13.5. The maximum absolute atomic E-state index is 11.9. The molecule has 2 aliphatic heterocycles. The molecule has 0 aromatic rings. The van der Waals surface area contributed by atoms with Gasteiger partial charge >= 0.3 is 0 Å². The van der Waals surface area contributed by atoms with Gasteiger partial charge in [-0.1, -0.05) is 6.08 Å². The molecule has 1 saturated carbocycles. The highest BCUT2D eigenvalue weighted by atomic mass is 32.2. The van der Waals surface area contributed by atoms with Crippen LogP contribution in [-0.4, -0.2) is 33.2 Å². The van der Waals surface area contributed by atoms with Gasteiger partial charge in [-0.25, -0.2) is 4.21 Å². The number of rotatable bonds is 4. The van der Waals surface area contributed by atoms with E-state index in [1.807, 2.05) is 33.1 Å². The van der Waals surface area contributed by atoms with Crippen molar-refractivity contribution >= 4 is 17.2 Å². The van der Waals surface area contributed by atoms with Crippen LogP contribution in [0.25, 0.3) is 0 Å². The summed E-state index contributed by atoms with van der Waals surface area (Å²) in [6.45, 7) is 11.6. The van der Waals surface area contributed by atoms with Crippen LogP contribution in [0.5, 0.6) is 0 Å². The first-order valence-corrected chi connectivity index (χ1v) is 7.56. The van der Waals surface area contributed by atoms with Crippen molar-refractivity contribution in [2.45, 2.75) is 38.4 Å². The second kappa shape index (κ2) is 5.00. The minimum atomic E-state index is -1.17. The van der Waals surface area contributed by atoms with Crippen LogP contribution in [-0.2, 0) is 11.0 Å². The summed E-state index contributed by atoms with van der Waals surface area (Å²) in [6, 6.07) is 0. The minimum Gasteiger partial charge on any atom is -0.366 e. The zero-order chi connectivity index (χ0) is 13.3. The van der Waals surface area contributed by atoms with Gasteiger partial charge in [0.25, 0.3) is 0 Å². The first-order valence-electron chi connectivity index (χ1n) is 6.45. The number of hydrogen-bond donors (Lipinski definition) is 0. The summed E-state index contributed by atoms with van der Waals surface area (Å²) in [6.07, 6.45) is 6.11. The normalized spacial score (nSPS) is 22.3. The number of hydrogen-bond acceptors (Lipinski definition) is 2. The number of fused-ring (bicyclic) bond motifs is 2. The monoisotopic (exact) mass is 266 g/mol. The molecule has 0 amide bonds. The molecule has 4 heteroatoms. The Bertz CT molecular complexity index is 424. The Kier molecular flexibility index (Phi) is 3.76. The van der Waals surface area contributed by atoms with Gasteiger partial charge in [0.05, 0.1) is 16.7 Å². The highest BCUT2D eigenvalue weighted by Crippen LogP contribution is 2.41. The van der Waals surface area contributed by atoms with Crippen molar-refractivity contribution in [1.29, 1.82) is 0 Å². The quantitative estimate of drug-likeness (QED) is 0.579. The summed E-state index contributed by atoms with van der Waals surface area (Å²) in [5, 5.41) is 0. The van der Waals surface area contributed by atoms with Crippen molar-refractivity contribution in [3.8, 4) is 0 Å². The van der Waals surface area contributed by atoms with Gasteiger partial charge in [0.15, 0.2) is 0 Å². The lowest BCUT2D eigenvalue weighted by Crippen LogP contribution is -2.41. The van der Waals surface area contributed by atoms with Crippen molar-refractivity contribution in [1.82, 2.24) is 4.90 Å². The Morgan fingerprint density at radius 2 is 2.17 bits per heavy atom. The molecule has 0 aromatic heterocycles. The molecule has 18 heavy (non-hydrogen) atoms. The summed E-state index contributed by atoms with van der Waals surface area (Å²) in [4.78, 5) is 2.30. The molecular formula is C14H22N2OS. The maximum atomic E-state index is 11.9. The number of nitrogens with zero attached hydrogens (tertiary/aromatic N) is 2. The fourth-order valence-electron chi connectivity index (χ4n) is 2.37. The van der Waals surface area contributed by atoms with E-state index >= 15 is 0 Å². The van der Waals surface area contributed by atoms with Crippen LogP contribution in [0.3, 0.4) is 0 Å². The lowest BCUT2D eigenvalue weighted by atomic mass is 9.75. The van der Waals surface area contributed by atoms with E-state index in [-0.39, 0.29) is 4.75 Å². The fourth-order valence-corrected chi connectivity index (χ4v) is 2.88. The summed E-state index contributed by atoms with van der Waals surface area (Å²) >= 11 is 0. The first-order chi connectivity index (χ1) is 8.41. The molecular weight excluding hydrogens is 244 g/mol. The van der Waals surface area contributed by atoms with Crippen molar-refractivity contribution in [3.05, 3.63) is 23.9 Å². The van der Waals surface area contributed by atoms with Gasteiger partial charge in [-0.2, -0.15) is 4.40 Å². The van der Waals surface area contributed by atoms with E-state index in [4.69, 9.17) is 0 Å². The lowest BCUT2D eigenvalue weighted by Gasteiger charge is -2.44. The molecule has 1 aliphatic carbocycles. The highest BCUT2D eigenvalue weighted by Gasteiger charge is 2.34. The van der Waals surface area contributed by atoms with Gasteiger partial charge in [0.2, 0.25) is 0 Å². The fraction of sp³-hybridized carbons (Fsp3) is 0.643. The second-order valence-corrected chi connectivity index (χ2v) is 7.99. The van der Waals surface area contributed by atoms with Crippen LogP contribution in [0.15, 0.2) is 28.3 Å². The molecule has 0 N–H and O–H groups in total. The summed E-state index contributed by atoms with van der Waals surface area (Å²) in [5.41, 5.74) is 2.64. The van der Waals surface area contributed by atoms with Gasteiger partial charge in [-0.15, -0.1) is 6.58 Å². The Balaban J connectivity index is 2.13. The van der Waals surface area contributed by atoms with E-state index in [0.29, 0.717) is 0 Å². The average molecular weight is 266 g/mol. The zero-order valence-corrected chi connectivity index (χ0v) is 12.3. The molecule has 0 radical (unpaired) electrons. The molecule has 100 valence electrons. The molecule has 3 aliphatic rings. The maximum Gasteiger partial charge on any atom is 0.144 e. The average Bonchev–Trinajstić information content (AvgIpc) is 2.24. The topological polar surface area (TPSA) is 32.7 Å². The van der Waals surface area contributed by atoms with Gasteiger partial charge < -0.3 is 4.90 Å². The molecule has 3 rings (SSSR count). The number of allylic oxidation sites excluding steroid dienone is 2. The van der Waals surface area contributed by atoms with Crippen LogP contribution in [0.2, 0.25) is 0 Å². The van der Waals surface area contributed by atoms with E-state index in [2.05, 4.69) is 15.9 Å². The Labute approximate surface area is 112 Å². The second-order valence-electron chi connectivity index (χ2n) is 6.05. The largest absolute Gasteiger partial charge is 0.366 e. The summed E-state index contributed by atoms with van der Waals surface area (Å²) < 4.78 is 15.9. The SMILES string of the molecule is C=CCN1CC2CC(=C1C=NS(=O)C(C)(C)C)C2. The Morgan fingerprint density at radius 1 is 1.50 bits per heavy atom. The van der Waals surface area contributed by atoms with E-state index in [1.54, 1.807) is 0 Å². The van der Waals surface area contributed by atoms with Crippen LogP contribution in [0.4, 0.5) is 0 Å². The molecule has 0 aromatic carbocycles. The smallest absolute Gasteiger partial charge is 0.144 e. The molecule has 1 atom stereocenters. The van der Waals surface area contributed by atoms with Gasteiger partial charge in [-0.3, -0.25) is 0 Å². The zero-order valence-electron chi connectivity index (χ0n) is 11.5. The third-order valence-corrected chi connectivity index (χ3v) is 4.74. The molecule has 3 nitrogen and oxygen atoms in total. The van der Waals surface area contributed by atoms with Crippen molar-refractivity contribution < 1.29 is 4.21 Å². The van der Waals surface area contributed by atoms with E-state index in [0.717, 1.165) is 19.0 Å². The molecule has 0 spiro atoms. The highest BCUT2D eigenvalue weighted by molar-refractivity contribution is 7.85.